The Hall–Kier alpha value is -4.05. The number of nitrogens with one attached hydrogen (secondary N) is 2. The second kappa shape index (κ2) is 9.84. The summed E-state index contributed by atoms with van der Waals surface area (Å²) >= 11 is 0. The topological polar surface area (TPSA) is 107 Å². The second-order valence-electron chi connectivity index (χ2n) is 7.78. The van der Waals surface area contributed by atoms with Crippen molar-refractivity contribution in [3.8, 4) is 17.0 Å². The van der Waals surface area contributed by atoms with Crippen molar-refractivity contribution in [1.29, 1.82) is 0 Å². The number of carbonyl (C=O) groups is 1. The maximum atomic E-state index is 12.4. The number of anilines is 2. The zero-order chi connectivity index (χ0) is 24.2. The van der Waals surface area contributed by atoms with Crippen molar-refractivity contribution in [2.75, 3.05) is 11.9 Å². The Labute approximate surface area is 194 Å². The van der Waals surface area contributed by atoms with Crippen LogP contribution in [0.4, 0.5) is 20.3 Å². The predicted molar refractivity (Wildman–Crippen MR) is 125 cm³/mol. The minimum atomic E-state index is -2.87. The van der Waals surface area contributed by atoms with Crippen molar-refractivity contribution in [3.63, 3.8) is 0 Å². The van der Waals surface area contributed by atoms with Crippen LogP contribution in [0.5, 0.6) is 5.75 Å². The summed E-state index contributed by atoms with van der Waals surface area (Å²) in [7, 11) is 0. The van der Waals surface area contributed by atoms with Crippen LogP contribution in [0.25, 0.3) is 16.9 Å². The summed E-state index contributed by atoms with van der Waals surface area (Å²) in [5.74, 6) is 0.437. The number of rotatable bonds is 8. The predicted octanol–water partition coefficient (Wildman–Crippen LogP) is 4.13. The smallest absolute Gasteiger partial charge is 0.387 e. The third kappa shape index (κ3) is 4.96. The molecule has 10 heteroatoms. The second-order valence-corrected chi connectivity index (χ2v) is 7.78. The maximum absolute atomic E-state index is 12.4. The summed E-state index contributed by atoms with van der Waals surface area (Å²) < 4.78 is 31.1. The number of halogens is 2. The van der Waals surface area contributed by atoms with Crippen LogP contribution in [0.3, 0.4) is 0 Å². The fourth-order valence-electron chi connectivity index (χ4n) is 3.52. The summed E-state index contributed by atoms with van der Waals surface area (Å²) in [5, 5.41) is 6.11. The van der Waals surface area contributed by atoms with Gasteiger partial charge < -0.3 is 21.1 Å². The van der Waals surface area contributed by atoms with Gasteiger partial charge in [-0.2, -0.15) is 8.78 Å². The van der Waals surface area contributed by atoms with Gasteiger partial charge in [0.25, 0.3) is 5.91 Å². The Balaban J connectivity index is 1.57. The molecule has 0 aliphatic carbocycles. The molecule has 1 amide bonds. The molecule has 8 nitrogen and oxygen atoms in total. The first-order valence-electron chi connectivity index (χ1n) is 10.6. The molecule has 176 valence electrons. The third-order valence-electron chi connectivity index (χ3n) is 5.27. The van der Waals surface area contributed by atoms with Crippen LogP contribution in [0.1, 0.15) is 22.8 Å². The van der Waals surface area contributed by atoms with Gasteiger partial charge in [-0.25, -0.2) is 9.97 Å². The van der Waals surface area contributed by atoms with E-state index in [2.05, 4.69) is 25.3 Å². The summed E-state index contributed by atoms with van der Waals surface area (Å²) in [6.45, 7) is 1.19. The van der Waals surface area contributed by atoms with E-state index in [1.807, 2.05) is 24.3 Å². The van der Waals surface area contributed by atoms with Gasteiger partial charge in [0.15, 0.2) is 11.5 Å². The van der Waals surface area contributed by atoms with Crippen molar-refractivity contribution in [2.45, 2.75) is 26.5 Å². The average Bonchev–Trinajstić information content (AvgIpc) is 3.24. The molecule has 34 heavy (non-hydrogen) atoms. The number of amides is 1. The molecule has 4 rings (SSSR count). The Kier molecular flexibility index (Phi) is 6.69. The molecular weight excluding hydrogens is 442 g/mol. The van der Waals surface area contributed by atoms with E-state index in [4.69, 9.17) is 5.73 Å². The first-order chi connectivity index (χ1) is 16.4. The minimum Gasteiger partial charge on any atom is -0.435 e. The number of hydrogen-bond acceptors (Lipinski definition) is 6. The van der Waals surface area contributed by atoms with Crippen LogP contribution >= 0.6 is 0 Å². The van der Waals surface area contributed by atoms with Gasteiger partial charge in [0, 0.05) is 41.8 Å². The molecule has 2 aromatic heterocycles. The van der Waals surface area contributed by atoms with Crippen molar-refractivity contribution < 1.29 is 18.3 Å². The zero-order valence-corrected chi connectivity index (χ0v) is 18.6. The van der Waals surface area contributed by atoms with E-state index in [0.29, 0.717) is 23.6 Å². The Morgan fingerprint density at radius 2 is 1.94 bits per heavy atom. The molecule has 4 aromatic rings. The molecule has 0 radical (unpaired) electrons. The lowest BCUT2D eigenvalue weighted by Crippen LogP contribution is -2.38. The SMILES string of the molecule is Cc1cc(Nc2nccn3c(-c4ccc(OC(F)F)cc4)cnc23)ccc1C(=O)N[C@@H](C)CN. The molecule has 0 saturated heterocycles. The van der Waals surface area contributed by atoms with Crippen LogP contribution in [0.2, 0.25) is 0 Å². The molecule has 2 aromatic carbocycles. The lowest BCUT2D eigenvalue weighted by molar-refractivity contribution is -0.0498. The maximum Gasteiger partial charge on any atom is 0.387 e. The van der Waals surface area contributed by atoms with Gasteiger partial charge in [0.1, 0.15) is 5.75 Å². The number of carbonyl (C=O) groups excluding carboxylic acids is 1. The molecule has 2 heterocycles. The molecule has 4 N–H and O–H groups in total. The fourth-order valence-corrected chi connectivity index (χ4v) is 3.52. The molecule has 0 saturated carbocycles. The molecule has 0 fully saturated rings. The quantitative estimate of drug-likeness (QED) is 0.361. The van der Waals surface area contributed by atoms with E-state index in [9.17, 15) is 13.6 Å². The zero-order valence-electron chi connectivity index (χ0n) is 18.6. The highest BCUT2D eigenvalue weighted by Crippen LogP contribution is 2.27. The molecule has 1 atom stereocenters. The van der Waals surface area contributed by atoms with E-state index < -0.39 is 6.61 Å². The summed E-state index contributed by atoms with van der Waals surface area (Å²) in [6.07, 6.45) is 5.09. The third-order valence-corrected chi connectivity index (χ3v) is 5.27. The number of imidazole rings is 1. The monoisotopic (exact) mass is 466 g/mol. The van der Waals surface area contributed by atoms with Gasteiger partial charge >= 0.3 is 6.61 Å². The number of hydrogen-bond donors (Lipinski definition) is 3. The normalized spacial score (nSPS) is 12.1. The van der Waals surface area contributed by atoms with Gasteiger partial charge in [-0.1, -0.05) is 0 Å². The first kappa shape index (κ1) is 23.1. The highest BCUT2D eigenvalue weighted by atomic mass is 19.3. The Morgan fingerprint density at radius 3 is 2.62 bits per heavy atom. The molecule has 0 spiro atoms. The van der Waals surface area contributed by atoms with Crippen LogP contribution in [-0.4, -0.2) is 39.5 Å². The molecule has 0 bridgehead atoms. The highest BCUT2D eigenvalue weighted by molar-refractivity contribution is 5.96. The number of aryl methyl sites for hydroxylation is 1. The van der Waals surface area contributed by atoms with Crippen molar-refractivity contribution in [3.05, 3.63) is 72.2 Å². The fraction of sp³-hybridized carbons (Fsp3) is 0.208. The Morgan fingerprint density at radius 1 is 1.18 bits per heavy atom. The minimum absolute atomic E-state index is 0.0848. The largest absolute Gasteiger partial charge is 0.435 e. The van der Waals surface area contributed by atoms with E-state index in [0.717, 1.165) is 22.5 Å². The van der Waals surface area contributed by atoms with E-state index in [1.165, 1.54) is 12.1 Å². The van der Waals surface area contributed by atoms with E-state index in [-0.39, 0.29) is 17.7 Å². The van der Waals surface area contributed by atoms with Gasteiger partial charge in [0.05, 0.1) is 11.9 Å². The van der Waals surface area contributed by atoms with Gasteiger partial charge in [0.2, 0.25) is 0 Å². The summed E-state index contributed by atoms with van der Waals surface area (Å²) in [5.41, 5.74) is 9.83. The number of benzene rings is 2. The number of nitrogens with two attached hydrogens (primary N) is 1. The lowest BCUT2D eigenvalue weighted by Gasteiger charge is -2.14. The number of fused-ring (bicyclic) bond motifs is 1. The van der Waals surface area contributed by atoms with Crippen molar-refractivity contribution >= 4 is 23.1 Å². The van der Waals surface area contributed by atoms with Crippen LogP contribution < -0.4 is 21.1 Å². The summed E-state index contributed by atoms with van der Waals surface area (Å²) in [6, 6.07) is 11.6. The van der Waals surface area contributed by atoms with E-state index in [1.54, 1.807) is 42.9 Å². The average molecular weight is 466 g/mol. The van der Waals surface area contributed by atoms with Crippen LogP contribution in [-0.2, 0) is 0 Å². The van der Waals surface area contributed by atoms with Gasteiger partial charge in [-0.3, -0.25) is 9.20 Å². The number of aromatic nitrogens is 3. The Bertz CT molecular complexity index is 1310. The van der Waals surface area contributed by atoms with Crippen LogP contribution in [0, 0.1) is 6.92 Å². The molecular formula is C24H24F2N6O2. The number of alkyl halides is 2. The van der Waals surface area contributed by atoms with Gasteiger partial charge in [-0.15, -0.1) is 0 Å². The van der Waals surface area contributed by atoms with E-state index >= 15 is 0 Å². The van der Waals surface area contributed by atoms with Crippen molar-refractivity contribution in [2.24, 2.45) is 5.73 Å². The highest BCUT2D eigenvalue weighted by Gasteiger charge is 2.14. The number of ether oxygens (including phenoxy) is 1. The molecule has 0 unspecified atom stereocenters. The molecule has 0 aliphatic heterocycles. The summed E-state index contributed by atoms with van der Waals surface area (Å²) in [4.78, 5) is 21.3. The van der Waals surface area contributed by atoms with Crippen LogP contribution in [0.15, 0.2) is 61.1 Å². The first-order valence-corrected chi connectivity index (χ1v) is 10.6. The number of nitrogens with zero attached hydrogens (tertiary/aromatic N) is 3. The molecule has 0 aliphatic rings. The lowest BCUT2D eigenvalue weighted by atomic mass is 10.1. The standard InChI is InChI=1S/C24H24F2N6O2/c1-14-11-17(5-8-19(14)23(33)30-15(2)12-27)31-21-22-29-13-20(32(22)10-9-28-21)16-3-6-18(7-4-16)34-24(25)26/h3-11,13,15,24H,12,27H2,1-2H3,(H,28,31)(H,30,33)/t15-/m0/s1. The van der Waals surface area contributed by atoms with Crippen molar-refractivity contribution in [1.82, 2.24) is 19.7 Å². The van der Waals surface area contributed by atoms with Gasteiger partial charge in [-0.05, 0) is 61.9 Å².